The van der Waals surface area contributed by atoms with Gasteiger partial charge in [-0.25, -0.2) is 0 Å². The van der Waals surface area contributed by atoms with E-state index in [0.29, 0.717) is 16.9 Å². The van der Waals surface area contributed by atoms with Crippen LogP contribution in [0.1, 0.15) is 32.6 Å². The van der Waals surface area contributed by atoms with Gasteiger partial charge in [-0.3, -0.25) is 9.35 Å². The molecule has 6 nitrogen and oxygen atoms in total. The molecule has 0 bridgehead atoms. The molecule has 0 atom stereocenters. The molecule has 5 aromatic carbocycles. The van der Waals surface area contributed by atoms with Gasteiger partial charge in [0.05, 0.1) is 0 Å². The molecule has 0 aliphatic rings. The Morgan fingerprint density at radius 2 is 1.24 bits per heavy atom. The van der Waals surface area contributed by atoms with E-state index in [2.05, 4.69) is 5.92 Å². The van der Waals surface area contributed by atoms with Crippen molar-refractivity contribution in [3.05, 3.63) is 137 Å². The summed E-state index contributed by atoms with van der Waals surface area (Å²) in [6.07, 6.45) is 5.48. The number of ether oxygens (including phenoxy) is 2. The van der Waals surface area contributed by atoms with Crippen molar-refractivity contribution in [2.75, 3.05) is 0 Å². The van der Waals surface area contributed by atoms with Gasteiger partial charge in [0.1, 0.15) is 27.9 Å². The first-order valence-corrected chi connectivity index (χ1v) is 14.4. The fraction of sp³-hybridized carbons (Fsp3) is 0.0571. The van der Waals surface area contributed by atoms with Crippen molar-refractivity contribution in [3.8, 4) is 46.5 Å². The van der Waals surface area contributed by atoms with Crippen LogP contribution in [0, 0.1) is 26.2 Å². The number of carbonyl (C=O) groups excluding carboxylic acids is 1. The van der Waals surface area contributed by atoms with Gasteiger partial charge in [-0.05, 0) is 80.1 Å². The summed E-state index contributed by atoms with van der Waals surface area (Å²) in [6.45, 7) is 3.90. The van der Waals surface area contributed by atoms with Gasteiger partial charge in [-0.2, -0.15) is 8.42 Å². The number of aryl methyl sites for hydroxylation is 2. The molecule has 208 valence electrons. The molecule has 0 fully saturated rings. The maximum atomic E-state index is 12.8. The monoisotopic (exact) mass is 574 g/mol. The van der Waals surface area contributed by atoms with Crippen molar-refractivity contribution in [2.24, 2.45) is 0 Å². The normalized spacial score (nSPS) is 11.0. The lowest BCUT2D eigenvalue weighted by atomic mass is 10.0. The summed E-state index contributed by atoms with van der Waals surface area (Å²) >= 11 is 0. The summed E-state index contributed by atoms with van der Waals surface area (Å²) in [5, 5.41) is 0. The smallest absolute Gasteiger partial charge is 0.298 e. The van der Waals surface area contributed by atoms with E-state index in [0.717, 1.165) is 27.8 Å². The molecule has 0 heterocycles. The zero-order valence-electron chi connectivity index (χ0n) is 22.9. The Morgan fingerprint density at radius 1 is 0.690 bits per heavy atom. The molecule has 0 saturated heterocycles. The van der Waals surface area contributed by atoms with Crippen LogP contribution in [0.15, 0.2) is 114 Å². The van der Waals surface area contributed by atoms with E-state index < -0.39 is 15.0 Å². The number of ketones is 1. The minimum Gasteiger partial charge on any atom is -0.457 e. The Labute approximate surface area is 245 Å². The maximum absolute atomic E-state index is 12.8. The highest BCUT2D eigenvalue weighted by Crippen LogP contribution is 2.38. The third-order valence-corrected chi connectivity index (χ3v) is 7.45. The second-order valence-corrected chi connectivity index (χ2v) is 11.1. The number of benzene rings is 5. The molecule has 0 amide bonds. The lowest BCUT2D eigenvalue weighted by Gasteiger charge is -2.15. The lowest BCUT2D eigenvalue weighted by Crippen LogP contribution is -2.03. The standard InChI is InChI=1S/C35H26O6S/c1-4-25-8-12-26(13-9-25)31-21-24(3)7-19-32(31)41-30-18-20-33(34(22-30)42(37,38)39)40-29-16-14-28(15-17-29)35(36)27-10-5-23(2)6-11-27/h1,5-22H,2-3H3,(H,37,38,39). The van der Waals surface area contributed by atoms with Crippen molar-refractivity contribution in [3.63, 3.8) is 0 Å². The Morgan fingerprint density at radius 3 is 1.86 bits per heavy atom. The molecule has 1 N–H and O–H groups in total. The zero-order valence-corrected chi connectivity index (χ0v) is 23.7. The van der Waals surface area contributed by atoms with Gasteiger partial charge >= 0.3 is 0 Å². The van der Waals surface area contributed by atoms with Crippen molar-refractivity contribution in [2.45, 2.75) is 18.7 Å². The van der Waals surface area contributed by atoms with E-state index >= 15 is 0 Å². The van der Waals surface area contributed by atoms with Crippen LogP contribution < -0.4 is 9.47 Å². The first-order valence-electron chi connectivity index (χ1n) is 13.0. The van der Waals surface area contributed by atoms with E-state index in [1.54, 1.807) is 48.5 Å². The van der Waals surface area contributed by atoms with Crippen molar-refractivity contribution in [1.29, 1.82) is 0 Å². The van der Waals surface area contributed by atoms with Gasteiger partial charge < -0.3 is 9.47 Å². The van der Waals surface area contributed by atoms with Crippen LogP contribution in [0.5, 0.6) is 23.0 Å². The fourth-order valence-corrected chi connectivity index (χ4v) is 4.97. The molecular weight excluding hydrogens is 548 g/mol. The van der Waals surface area contributed by atoms with Gasteiger partial charge in [0.25, 0.3) is 10.1 Å². The van der Waals surface area contributed by atoms with Crippen LogP contribution in [-0.2, 0) is 10.1 Å². The predicted molar refractivity (Wildman–Crippen MR) is 162 cm³/mol. The minimum atomic E-state index is -4.68. The van der Waals surface area contributed by atoms with Crippen LogP contribution in [-0.4, -0.2) is 18.8 Å². The van der Waals surface area contributed by atoms with Crippen molar-refractivity contribution >= 4 is 15.9 Å². The Hall–Kier alpha value is -5.16. The quantitative estimate of drug-likeness (QED) is 0.115. The Bertz CT molecular complexity index is 1920. The van der Waals surface area contributed by atoms with Crippen LogP contribution in [0.3, 0.4) is 0 Å². The SMILES string of the molecule is C#Cc1ccc(-c2cc(C)ccc2Oc2ccc(Oc3ccc(C(=O)c4ccc(C)cc4)cc3)c(S(=O)(=O)O)c2)cc1. The molecule has 0 radical (unpaired) electrons. The summed E-state index contributed by atoms with van der Waals surface area (Å²) in [6, 6.07) is 30.8. The second-order valence-electron chi connectivity index (χ2n) is 9.73. The Kier molecular flexibility index (Phi) is 7.94. The molecule has 0 aromatic heterocycles. The molecule has 42 heavy (non-hydrogen) atoms. The molecule has 0 unspecified atom stereocenters. The molecule has 0 aliphatic heterocycles. The number of hydrogen-bond donors (Lipinski definition) is 1. The van der Waals surface area contributed by atoms with E-state index in [1.807, 2.05) is 62.4 Å². The van der Waals surface area contributed by atoms with Gasteiger partial charge in [0, 0.05) is 28.3 Å². The van der Waals surface area contributed by atoms with Gasteiger partial charge in [0.2, 0.25) is 0 Å². The first-order chi connectivity index (χ1) is 20.1. The van der Waals surface area contributed by atoms with E-state index in [-0.39, 0.29) is 23.0 Å². The van der Waals surface area contributed by atoms with Gasteiger partial charge in [-0.15, -0.1) is 6.42 Å². The topological polar surface area (TPSA) is 89.9 Å². The van der Waals surface area contributed by atoms with Crippen LogP contribution in [0.25, 0.3) is 11.1 Å². The first kappa shape index (κ1) is 28.4. The van der Waals surface area contributed by atoms with Crippen LogP contribution in [0.2, 0.25) is 0 Å². The predicted octanol–water partition coefficient (Wildman–Crippen LogP) is 8.01. The highest BCUT2D eigenvalue weighted by molar-refractivity contribution is 7.86. The van der Waals surface area contributed by atoms with Crippen LogP contribution in [0.4, 0.5) is 0 Å². The average molecular weight is 575 g/mol. The molecule has 5 rings (SSSR count). The third-order valence-electron chi connectivity index (χ3n) is 6.58. The summed E-state index contributed by atoms with van der Waals surface area (Å²) in [7, 11) is -4.68. The van der Waals surface area contributed by atoms with Crippen molar-refractivity contribution in [1.82, 2.24) is 0 Å². The third kappa shape index (κ3) is 6.42. The van der Waals surface area contributed by atoms with Gasteiger partial charge in [-0.1, -0.05) is 59.5 Å². The van der Waals surface area contributed by atoms with Crippen molar-refractivity contribution < 1.29 is 27.2 Å². The highest BCUT2D eigenvalue weighted by atomic mass is 32.2. The van der Waals surface area contributed by atoms with Gasteiger partial charge in [0.15, 0.2) is 5.78 Å². The number of terminal acetylenes is 1. The highest BCUT2D eigenvalue weighted by Gasteiger charge is 2.20. The molecule has 5 aromatic rings. The minimum absolute atomic E-state index is 0.100. The average Bonchev–Trinajstić information content (AvgIpc) is 2.99. The molecule has 0 saturated carbocycles. The summed E-state index contributed by atoms with van der Waals surface area (Å²) < 4.78 is 46.6. The molecule has 0 aliphatic carbocycles. The summed E-state index contributed by atoms with van der Waals surface area (Å²) in [4.78, 5) is 12.3. The molecular formula is C35H26O6S. The fourth-order valence-electron chi connectivity index (χ4n) is 4.34. The van der Waals surface area contributed by atoms with E-state index in [1.165, 1.54) is 12.1 Å². The second kappa shape index (κ2) is 11.8. The molecule has 7 heteroatoms. The van der Waals surface area contributed by atoms with E-state index in [4.69, 9.17) is 15.9 Å². The summed E-state index contributed by atoms with van der Waals surface area (Å²) in [5.41, 5.74) is 5.46. The number of hydrogen-bond acceptors (Lipinski definition) is 5. The zero-order chi connectivity index (χ0) is 29.9. The number of rotatable bonds is 8. The van der Waals surface area contributed by atoms with Crippen LogP contribution >= 0.6 is 0 Å². The molecule has 0 spiro atoms. The maximum Gasteiger partial charge on any atom is 0.298 e. The van der Waals surface area contributed by atoms with E-state index in [9.17, 15) is 17.8 Å². The number of carbonyl (C=O) groups is 1. The largest absolute Gasteiger partial charge is 0.457 e. The summed E-state index contributed by atoms with van der Waals surface area (Å²) in [5.74, 6) is 3.29. The Balaban J connectivity index is 1.41. The lowest BCUT2D eigenvalue weighted by molar-refractivity contribution is 0.103.